The lowest BCUT2D eigenvalue weighted by Crippen LogP contribution is -2.42. The zero-order valence-corrected chi connectivity index (χ0v) is 13.3. The van der Waals surface area contributed by atoms with Gasteiger partial charge in [0, 0.05) is 19.6 Å². The van der Waals surface area contributed by atoms with Crippen LogP contribution in [0.5, 0.6) is 5.75 Å². The van der Waals surface area contributed by atoms with Crippen LogP contribution in [0, 0.1) is 0 Å². The summed E-state index contributed by atoms with van der Waals surface area (Å²) >= 11 is 0. The average molecular weight is 326 g/mol. The molecule has 1 aliphatic rings. The van der Waals surface area contributed by atoms with E-state index in [2.05, 4.69) is 5.32 Å². The number of carbonyl (C=O) groups is 1. The molecular weight excluding hydrogens is 304 g/mol. The zero-order valence-electron chi connectivity index (χ0n) is 12.5. The normalized spacial score (nSPS) is 17.8. The van der Waals surface area contributed by atoms with Crippen molar-refractivity contribution in [2.45, 2.75) is 19.3 Å². The number of amides is 1. The number of para-hydroxylation sites is 1. The molecule has 1 heterocycles. The molecule has 1 fully saturated rings. The molecule has 1 aromatic carbocycles. The minimum atomic E-state index is -3.12. The van der Waals surface area contributed by atoms with Crippen LogP contribution in [-0.4, -0.2) is 50.6 Å². The molecule has 1 aliphatic heterocycles. The van der Waals surface area contributed by atoms with Crippen LogP contribution >= 0.6 is 0 Å². The molecule has 0 aliphatic carbocycles. The Morgan fingerprint density at radius 1 is 1.23 bits per heavy atom. The number of nitrogens with zero attached hydrogens (tertiary/aromatic N) is 1. The molecule has 7 heteroatoms. The van der Waals surface area contributed by atoms with Crippen LogP contribution in [0.25, 0.3) is 0 Å². The van der Waals surface area contributed by atoms with Crippen molar-refractivity contribution >= 4 is 15.9 Å². The van der Waals surface area contributed by atoms with Gasteiger partial charge in [0.05, 0.1) is 18.8 Å². The third kappa shape index (κ3) is 5.31. The maximum atomic E-state index is 11.8. The number of benzene rings is 1. The van der Waals surface area contributed by atoms with E-state index >= 15 is 0 Å². The molecular formula is C15H22N2O4S. The van der Waals surface area contributed by atoms with Crippen molar-refractivity contribution in [3.05, 3.63) is 30.3 Å². The smallest absolute Gasteiger partial charge is 0.223 e. The van der Waals surface area contributed by atoms with Crippen LogP contribution in [0.2, 0.25) is 0 Å². The lowest BCUT2D eigenvalue weighted by atomic mass is 10.3. The van der Waals surface area contributed by atoms with Gasteiger partial charge >= 0.3 is 0 Å². The number of sulfonamides is 1. The van der Waals surface area contributed by atoms with E-state index in [1.165, 1.54) is 4.31 Å². The standard InChI is InChI=1S/C15H22N2O4S/c18-15(8-12-21-14-6-2-1-3-7-14)16-9-11-17-10-4-5-13-22(17,19)20/h1-3,6-7H,4-5,8-13H2,(H,16,18). The topological polar surface area (TPSA) is 75.7 Å². The Hall–Kier alpha value is -1.60. The van der Waals surface area contributed by atoms with Crippen LogP contribution < -0.4 is 10.1 Å². The fourth-order valence-corrected chi connectivity index (χ4v) is 3.88. The molecule has 0 aromatic heterocycles. The molecule has 1 aromatic rings. The Balaban J connectivity index is 1.61. The van der Waals surface area contributed by atoms with Gasteiger partial charge in [0.15, 0.2) is 0 Å². The average Bonchev–Trinajstić information content (AvgIpc) is 2.50. The first-order valence-corrected chi connectivity index (χ1v) is 9.11. The molecule has 1 N–H and O–H groups in total. The Morgan fingerprint density at radius 2 is 2.00 bits per heavy atom. The number of ether oxygens (including phenoxy) is 1. The molecule has 0 radical (unpaired) electrons. The van der Waals surface area contributed by atoms with Crippen molar-refractivity contribution in [2.75, 3.05) is 32.0 Å². The molecule has 0 atom stereocenters. The summed E-state index contributed by atoms with van der Waals surface area (Å²) in [4.78, 5) is 11.7. The summed E-state index contributed by atoms with van der Waals surface area (Å²) in [6.07, 6.45) is 1.86. The summed E-state index contributed by atoms with van der Waals surface area (Å²) in [6.45, 7) is 1.53. The van der Waals surface area contributed by atoms with E-state index < -0.39 is 10.0 Å². The quantitative estimate of drug-likeness (QED) is 0.811. The van der Waals surface area contributed by atoms with Crippen LogP contribution in [0.3, 0.4) is 0 Å². The fraction of sp³-hybridized carbons (Fsp3) is 0.533. The molecule has 1 amide bonds. The number of carbonyl (C=O) groups excluding carboxylic acids is 1. The van der Waals surface area contributed by atoms with E-state index in [0.717, 1.165) is 18.6 Å². The molecule has 6 nitrogen and oxygen atoms in total. The summed E-state index contributed by atoms with van der Waals surface area (Å²) in [5.74, 6) is 0.811. The highest BCUT2D eigenvalue weighted by Crippen LogP contribution is 2.12. The second kappa shape index (κ2) is 8.14. The van der Waals surface area contributed by atoms with Crippen molar-refractivity contribution in [1.82, 2.24) is 9.62 Å². The first kappa shape index (κ1) is 16.8. The van der Waals surface area contributed by atoms with E-state index in [-0.39, 0.29) is 18.1 Å². The SMILES string of the molecule is O=C(CCOc1ccccc1)NCCN1CCCCS1(=O)=O. The minimum Gasteiger partial charge on any atom is -0.493 e. The Kier molecular flexibility index (Phi) is 6.21. The molecule has 0 unspecified atom stereocenters. The molecule has 0 saturated carbocycles. The Labute approximate surface area is 131 Å². The highest BCUT2D eigenvalue weighted by Gasteiger charge is 2.24. The molecule has 122 valence electrons. The van der Waals surface area contributed by atoms with Gasteiger partial charge in [-0.05, 0) is 25.0 Å². The van der Waals surface area contributed by atoms with Gasteiger partial charge < -0.3 is 10.1 Å². The van der Waals surface area contributed by atoms with Gasteiger partial charge in [0.1, 0.15) is 5.75 Å². The van der Waals surface area contributed by atoms with E-state index in [4.69, 9.17) is 4.74 Å². The van der Waals surface area contributed by atoms with Gasteiger partial charge in [-0.1, -0.05) is 18.2 Å². The van der Waals surface area contributed by atoms with Crippen molar-refractivity contribution < 1.29 is 17.9 Å². The third-order valence-electron chi connectivity index (χ3n) is 3.48. The Morgan fingerprint density at radius 3 is 2.73 bits per heavy atom. The number of nitrogens with one attached hydrogen (secondary N) is 1. The monoisotopic (exact) mass is 326 g/mol. The summed E-state index contributed by atoms with van der Waals surface area (Å²) in [5, 5.41) is 2.73. The predicted octanol–water partition coefficient (Wildman–Crippen LogP) is 0.997. The van der Waals surface area contributed by atoms with Crippen LogP contribution in [0.4, 0.5) is 0 Å². The first-order valence-electron chi connectivity index (χ1n) is 7.50. The highest BCUT2D eigenvalue weighted by molar-refractivity contribution is 7.89. The summed E-state index contributed by atoms with van der Waals surface area (Å²) < 4.78 is 30.5. The molecule has 2 rings (SSSR count). The van der Waals surface area contributed by atoms with E-state index in [1.807, 2.05) is 30.3 Å². The summed E-state index contributed by atoms with van der Waals surface area (Å²) in [7, 11) is -3.12. The Bertz CT molecular complexity index is 574. The summed E-state index contributed by atoms with van der Waals surface area (Å²) in [5.41, 5.74) is 0. The lowest BCUT2D eigenvalue weighted by Gasteiger charge is -2.26. The first-order chi connectivity index (χ1) is 10.6. The van der Waals surface area contributed by atoms with Crippen molar-refractivity contribution in [1.29, 1.82) is 0 Å². The number of hydrogen-bond donors (Lipinski definition) is 1. The van der Waals surface area contributed by atoms with E-state index in [1.54, 1.807) is 0 Å². The van der Waals surface area contributed by atoms with Crippen molar-refractivity contribution in [3.8, 4) is 5.75 Å². The lowest BCUT2D eigenvalue weighted by molar-refractivity contribution is -0.121. The van der Waals surface area contributed by atoms with Gasteiger partial charge in [-0.2, -0.15) is 0 Å². The van der Waals surface area contributed by atoms with Crippen LogP contribution in [0.15, 0.2) is 30.3 Å². The zero-order chi connectivity index (χ0) is 15.8. The minimum absolute atomic E-state index is 0.134. The maximum Gasteiger partial charge on any atom is 0.223 e. The molecule has 1 saturated heterocycles. The fourth-order valence-electron chi connectivity index (χ4n) is 2.28. The molecule has 0 spiro atoms. The van der Waals surface area contributed by atoms with E-state index in [0.29, 0.717) is 26.2 Å². The number of rotatable bonds is 7. The van der Waals surface area contributed by atoms with Gasteiger partial charge in [0.2, 0.25) is 15.9 Å². The number of hydrogen-bond acceptors (Lipinski definition) is 4. The van der Waals surface area contributed by atoms with Crippen molar-refractivity contribution in [2.24, 2.45) is 0 Å². The van der Waals surface area contributed by atoms with Gasteiger partial charge in [-0.15, -0.1) is 0 Å². The second-order valence-electron chi connectivity index (χ2n) is 5.18. The van der Waals surface area contributed by atoms with Crippen LogP contribution in [-0.2, 0) is 14.8 Å². The van der Waals surface area contributed by atoms with Crippen molar-refractivity contribution in [3.63, 3.8) is 0 Å². The van der Waals surface area contributed by atoms with E-state index in [9.17, 15) is 13.2 Å². The second-order valence-corrected chi connectivity index (χ2v) is 7.27. The predicted molar refractivity (Wildman–Crippen MR) is 84.2 cm³/mol. The molecule has 22 heavy (non-hydrogen) atoms. The van der Waals surface area contributed by atoms with Gasteiger partial charge in [-0.3, -0.25) is 4.79 Å². The van der Waals surface area contributed by atoms with Gasteiger partial charge in [0.25, 0.3) is 0 Å². The largest absolute Gasteiger partial charge is 0.493 e. The maximum absolute atomic E-state index is 11.8. The van der Waals surface area contributed by atoms with Crippen LogP contribution in [0.1, 0.15) is 19.3 Å². The van der Waals surface area contributed by atoms with Gasteiger partial charge in [-0.25, -0.2) is 12.7 Å². The highest BCUT2D eigenvalue weighted by atomic mass is 32.2. The third-order valence-corrected chi connectivity index (χ3v) is 5.43. The summed E-state index contributed by atoms with van der Waals surface area (Å²) in [6, 6.07) is 9.30. The molecule has 0 bridgehead atoms.